The lowest BCUT2D eigenvalue weighted by Gasteiger charge is -2.13. The number of rotatable bonds is 5. The van der Waals surface area contributed by atoms with Crippen molar-refractivity contribution >= 4 is 14.5 Å². The lowest BCUT2D eigenvalue weighted by atomic mass is 10.3. The van der Waals surface area contributed by atoms with Crippen LogP contribution < -0.4 is 5.19 Å². The van der Waals surface area contributed by atoms with Gasteiger partial charge in [-0.2, -0.15) is 0 Å². The molecule has 0 saturated heterocycles. The monoisotopic (exact) mass is 231 g/mol. The van der Waals surface area contributed by atoms with Crippen LogP contribution >= 0.6 is 0 Å². The van der Waals surface area contributed by atoms with Gasteiger partial charge >= 0.3 is 9.28 Å². The zero-order valence-corrected chi connectivity index (χ0v) is 9.72. The Morgan fingerprint density at radius 3 is 2.20 bits per heavy atom. The van der Waals surface area contributed by atoms with Crippen molar-refractivity contribution in [3.05, 3.63) is 29.8 Å². The van der Waals surface area contributed by atoms with Crippen molar-refractivity contribution in [3.8, 4) is 0 Å². The van der Waals surface area contributed by atoms with Crippen molar-refractivity contribution < 1.29 is 17.6 Å². The minimum atomic E-state index is -1.81. The van der Waals surface area contributed by atoms with Crippen LogP contribution in [0.1, 0.15) is 13.8 Å². The van der Waals surface area contributed by atoms with Gasteiger partial charge in [-0.05, 0) is 19.9 Å². The van der Waals surface area contributed by atoms with Gasteiger partial charge in [0.15, 0.2) is 0 Å². The van der Waals surface area contributed by atoms with Crippen LogP contribution in [0, 0.1) is 11.6 Å². The third-order valence-corrected chi connectivity index (χ3v) is 3.65. The summed E-state index contributed by atoms with van der Waals surface area (Å²) in [5.74, 6) is -1.20. The van der Waals surface area contributed by atoms with E-state index in [1.807, 2.05) is 13.8 Å². The average molecular weight is 231 g/mol. The lowest BCUT2D eigenvalue weighted by molar-refractivity contribution is 0.224. The fourth-order valence-electron chi connectivity index (χ4n) is 1.11. The Balaban J connectivity index is 2.89. The summed E-state index contributed by atoms with van der Waals surface area (Å²) in [7, 11) is -1.81. The van der Waals surface area contributed by atoms with E-state index in [-0.39, 0.29) is 0 Å². The Morgan fingerprint density at radius 1 is 1.13 bits per heavy atom. The van der Waals surface area contributed by atoms with Crippen LogP contribution in [0.4, 0.5) is 8.78 Å². The molecule has 0 unspecified atom stereocenters. The third-order valence-electron chi connectivity index (χ3n) is 1.70. The molecule has 0 aliphatic carbocycles. The van der Waals surface area contributed by atoms with Crippen molar-refractivity contribution in [3.63, 3.8) is 0 Å². The van der Waals surface area contributed by atoms with Gasteiger partial charge in [-0.25, -0.2) is 8.78 Å². The molecule has 1 radical (unpaired) electrons. The maximum atomic E-state index is 13.4. The highest BCUT2D eigenvalue weighted by Gasteiger charge is 2.22. The molecule has 0 aromatic heterocycles. The Bertz CT molecular complexity index is 314. The van der Waals surface area contributed by atoms with Crippen LogP contribution in [0.3, 0.4) is 0 Å². The molecule has 0 atom stereocenters. The third kappa shape index (κ3) is 3.37. The molecule has 0 saturated carbocycles. The summed E-state index contributed by atoms with van der Waals surface area (Å²) in [6.07, 6.45) is 0. The molecule has 0 aliphatic heterocycles. The van der Waals surface area contributed by atoms with E-state index in [9.17, 15) is 8.78 Å². The van der Waals surface area contributed by atoms with Gasteiger partial charge in [0.2, 0.25) is 0 Å². The predicted octanol–water partition coefficient (Wildman–Crippen LogP) is 1.73. The van der Waals surface area contributed by atoms with E-state index in [2.05, 4.69) is 0 Å². The zero-order valence-electron chi connectivity index (χ0n) is 8.72. The van der Waals surface area contributed by atoms with E-state index in [1.165, 1.54) is 12.1 Å². The standard InChI is InChI=1S/C10H13F2O2Si/c1-3-13-15(14-4-2)10-6-5-8(11)7-9(10)12/h5-7H,3-4H2,1-2H3. The van der Waals surface area contributed by atoms with E-state index in [0.29, 0.717) is 18.4 Å². The molecule has 1 rings (SSSR count). The summed E-state index contributed by atoms with van der Waals surface area (Å²) in [6.45, 7) is 4.52. The maximum Gasteiger partial charge on any atom is 0.426 e. The topological polar surface area (TPSA) is 18.5 Å². The van der Waals surface area contributed by atoms with Crippen molar-refractivity contribution in [2.75, 3.05) is 13.2 Å². The van der Waals surface area contributed by atoms with Gasteiger partial charge in [0.25, 0.3) is 0 Å². The van der Waals surface area contributed by atoms with Gasteiger partial charge in [-0.3, -0.25) is 0 Å². The smallest absolute Gasteiger partial charge is 0.390 e. The first-order valence-electron chi connectivity index (χ1n) is 4.77. The van der Waals surface area contributed by atoms with Crippen LogP contribution in [-0.4, -0.2) is 22.5 Å². The van der Waals surface area contributed by atoms with Gasteiger partial charge < -0.3 is 8.85 Å². The Morgan fingerprint density at radius 2 is 1.73 bits per heavy atom. The summed E-state index contributed by atoms with van der Waals surface area (Å²) in [5.41, 5.74) is 0. The fourth-order valence-corrected chi connectivity index (χ4v) is 2.52. The molecule has 0 heterocycles. The fraction of sp³-hybridized carbons (Fsp3) is 0.400. The normalized spacial score (nSPS) is 11.0. The van der Waals surface area contributed by atoms with E-state index < -0.39 is 20.9 Å². The van der Waals surface area contributed by atoms with E-state index in [1.54, 1.807) is 0 Å². The Kier molecular flexibility index (Phi) is 4.87. The summed E-state index contributed by atoms with van der Waals surface area (Å²) < 4.78 is 36.7. The van der Waals surface area contributed by atoms with Crippen LogP contribution in [0.2, 0.25) is 0 Å². The number of hydrogen-bond acceptors (Lipinski definition) is 2. The minimum Gasteiger partial charge on any atom is -0.390 e. The molecule has 0 N–H and O–H groups in total. The molecule has 0 amide bonds. The second-order valence-corrected chi connectivity index (χ2v) is 4.47. The lowest BCUT2D eigenvalue weighted by Crippen LogP contribution is -2.39. The molecule has 0 fully saturated rings. The minimum absolute atomic E-state index is 0.324. The van der Waals surface area contributed by atoms with Gasteiger partial charge in [-0.1, -0.05) is 6.07 Å². The first-order valence-corrected chi connectivity index (χ1v) is 6.08. The average Bonchev–Trinajstić information content (AvgIpc) is 2.17. The highest BCUT2D eigenvalue weighted by atomic mass is 28.3. The second-order valence-electron chi connectivity index (χ2n) is 2.78. The van der Waals surface area contributed by atoms with Crippen LogP contribution in [-0.2, 0) is 8.85 Å². The number of benzene rings is 1. The molecule has 83 valence electrons. The Hall–Kier alpha value is -0.783. The molecule has 5 heteroatoms. The molecule has 2 nitrogen and oxygen atoms in total. The largest absolute Gasteiger partial charge is 0.426 e. The van der Waals surface area contributed by atoms with Gasteiger partial charge in [0, 0.05) is 24.5 Å². The zero-order chi connectivity index (χ0) is 11.3. The van der Waals surface area contributed by atoms with Gasteiger partial charge in [-0.15, -0.1) is 0 Å². The van der Waals surface area contributed by atoms with Gasteiger partial charge in [0.1, 0.15) is 11.6 Å². The molecule has 0 bridgehead atoms. The van der Waals surface area contributed by atoms with Crippen LogP contribution in [0.15, 0.2) is 18.2 Å². The van der Waals surface area contributed by atoms with Gasteiger partial charge in [0.05, 0.1) is 0 Å². The highest BCUT2D eigenvalue weighted by molar-refractivity contribution is 6.61. The number of hydrogen-bond donors (Lipinski definition) is 0. The first kappa shape index (κ1) is 12.3. The second kappa shape index (κ2) is 5.94. The molecule has 1 aromatic rings. The van der Waals surface area contributed by atoms with Crippen molar-refractivity contribution in [1.29, 1.82) is 0 Å². The molecular formula is C10H13F2O2Si. The van der Waals surface area contributed by atoms with E-state index >= 15 is 0 Å². The first-order chi connectivity index (χ1) is 7.19. The summed E-state index contributed by atoms with van der Waals surface area (Å²) >= 11 is 0. The molecular weight excluding hydrogens is 218 g/mol. The number of halogens is 2. The van der Waals surface area contributed by atoms with Crippen molar-refractivity contribution in [1.82, 2.24) is 0 Å². The van der Waals surface area contributed by atoms with Crippen molar-refractivity contribution in [2.45, 2.75) is 13.8 Å². The maximum absolute atomic E-state index is 13.4. The quantitative estimate of drug-likeness (QED) is 0.719. The SMILES string of the molecule is CCO[Si](OCC)c1ccc(F)cc1F. The van der Waals surface area contributed by atoms with Crippen LogP contribution in [0.25, 0.3) is 0 Å². The van der Waals surface area contributed by atoms with Crippen molar-refractivity contribution in [2.24, 2.45) is 0 Å². The molecule has 0 spiro atoms. The predicted molar refractivity (Wildman–Crippen MR) is 55.0 cm³/mol. The molecule has 0 aliphatic rings. The summed E-state index contributed by atoms with van der Waals surface area (Å²) in [5, 5.41) is 0.324. The highest BCUT2D eigenvalue weighted by Crippen LogP contribution is 2.02. The Labute approximate surface area is 89.7 Å². The summed E-state index contributed by atoms with van der Waals surface area (Å²) in [4.78, 5) is 0. The van der Waals surface area contributed by atoms with E-state index in [0.717, 1.165) is 6.07 Å². The molecule has 1 aromatic carbocycles. The molecule has 15 heavy (non-hydrogen) atoms. The van der Waals surface area contributed by atoms with E-state index in [4.69, 9.17) is 8.85 Å². The summed E-state index contributed by atoms with van der Waals surface area (Å²) in [6, 6.07) is 3.43. The van der Waals surface area contributed by atoms with Crippen LogP contribution in [0.5, 0.6) is 0 Å².